The van der Waals surface area contributed by atoms with E-state index >= 15 is 0 Å². The van der Waals surface area contributed by atoms with Crippen LogP contribution in [-0.2, 0) is 9.53 Å². The number of carboxylic acid groups (broad SMARTS) is 1. The second kappa shape index (κ2) is 4.85. The van der Waals surface area contributed by atoms with Crippen molar-refractivity contribution < 1.29 is 19.6 Å². The maximum Gasteiger partial charge on any atom is 0.331 e. The van der Waals surface area contributed by atoms with Crippen molar-refractivity contribution in [1.82, 2.24) is 0 Å². The average molecular weight is 266 g/mol. The Morgan fingerprint density at radius 3 is 2.84 bits per heavy atom. The monoisotopic (exact) mass is 266 g/mol. The second-order valence-electron chi connectivity index (χ2n) is 4.54. The lowest BCUT2D eigenvalue weighted by atomic mass is 9.97. The van der Waals surface area contributed by atoms with Crippen molar-refractivity contribution in [3.05, 3.63) is 33.9 Å². The molecule has 0 amide bonds. The van der Waals surface area contributed by atoms with E-state index in [1.807, 2.05) is 0 Å². The highest BCUT2D eigenvalue weighted by molar-refractivity contribution is 5.85. The standard InChI is InChI=1S/C12H14N2O5/c1-8-3-2-4-9(14(17)18)10(8)13-12(11(15)16)5-6-19-7-12/h2-4,13H,5-7H2,1H3,(H,15,16). The number of carbonyl (C=O) groups is 1. The highest BCUT2D eigenvalue weighted by Crippen LogP contribution is 2.33. The van der Waals surface area contributed by atoms with Gasteiger partial charge in [-0.2, -0.15) is 0 Å². The van der Waals surface area contributed by atoms with Gasteiger partial charge in [0.1, 0.15) is 5.69 Å². The first kappa shape index (κ1) is 13.3. The number of nitrogens with zero attached hydrogens (tertiary/aromatic N) is 1. The Kier molecular flexibility index (Phi) is 3.39. The molecule has 1 unspecified atom stereocenters. The van der Waals surface area contributed by atoms with Crippen LogP contribution in [0.4, 0.5) is 11.4 Å². The minimum absolute atomic E-state index is 0.00613. The summed E-state index contributed by atoms with van der Waals surface area (Å²) in [6.07, 6.45) is 0.272. The zero-order valence-corrected chi connectivity index (χ0v) is 10.4. The smallest absolute Gasteiger partial charge is 0.331 e. The summed E-state index contributed by atoms with van der Waals surface area (Å²) in [6, 6.07) is 4.61. The molecule has 0 bridgehead atoms. The topological polar surface area (TPSA) is 102 Å². The van der Waals surface area contributed by atoms with Crippen molar-refractivity contribution in [3.63, 3.8) is 0 Å². The van der Waals surface area contributed by atoms with Gasteiger partial charge < -0.3 is 15.2 Å². The third-order valence-electron chi connectivity index (χ3n) is 3.24. The first-order chi connectivity index (χ1) is 8.96. The molecule has 1 aromatic carbocycles. The van der Waals surface area contributed by atoms with E-state index in [-0.39, 0.29) is 24.4 Å². The van der Waals surface area contributed by atoms with Gasteiger partial charge in [-0.05, 0) is 12.5 Å². The van der Waals surface area contributed by atoms with Gasteiger partial charge in [0.15, 0.2) is 5.54 Å². The van der Waals surface area contributed by atoms with E-state index in [2.05, 4.69) is 5.32 Å². The van der Waals surface area contributed by atoms with Crippen molar-refractivity contribution in [1.29, 1.82) is 0 Å². The molecule has 0 radical (unpaired) electrons. The van der Waals surface area contributed by atoms with Gasteiger partial charge >= 0.3 is 5.97 Å². The minimum Gasteiger partial charge on any atom is -0.479 e. The maximum atomic E-state index is 11.4. The first-order valence-corrected chi connectivity index (χ1v) is 5.79. The number of carboxylic acids is 1. The summed E-state index contributed by atoms with van der Waals surface area (Å²) in [5.41, 5.74) is -0.564. The van der Waals surface area contributed by atoms with Crippen molar-refractivity contribution in [3.8, 4) is 0 Å². The zero-order valence-electron chi connectivity index (χ0n) is 10.4. The lowest BCUT2D eigenvalue weighted by molar-refractivity contribution is -0.384. The predicted molar refractivity (Wildman–Crippen MR) is 67.3 cm³/mol. The van der Waals surface area contributed by atoms with Crippen LogP contribution < -0.4 is 5.32 Å². The van der Waals surface area contributed by atoms with E-state index in [1.54, 1.807) is 19.1 Å². The molecule has 7 heteroatoms. The quantitative estimate of drug-likeness (QED) is 0.633. The number of nitro benzene ring substituents is 1. The molecule has 1 atom stereocenters. The highest BCUT2D eigenvalue weighted by atomic mass is 16.6. The molecule has 102 valence electrons. The maximum absolute atomic E-state index is 11.4. The molecule has 0 aromatic heterocycles. The normalized spacial score (nSPS) is 22.2. The zero-order chi connectivity index (χ0) is 14.0. The van der Waals surface area contributed by atoms with Crippen LogP contribution in [-0.4, -0.2) is 34.8 Å². The fraction of sp³-hybridized carbons (Fsp3) is 0.417. The van der Waals surface area contributed by atoms with Crippen LogP contribution in [0, 0.1) is 17.0 Å². The molecule has 0 aliphatic carbocycles. The van der Waals surface area contributed by atoms with Crippen molar-refractivity contribution >= 4 is 17.3 Å². The van der Waals surface area contributed by atoms with Crippen LogP contribution in [0.2, 0.25) is 0 Å². The van der Waals surface area contributed by atoms with Crippen molar-refractivity contribution in [2.75, 3.05) is 18.5 Å². The van der Waals surface area contributed by atoms with Gasteiger partial charge in [-0.25, -0.2) is 4.79 Å². The number of hydrogen-bond donors (Lipinski definition) is 2. The van der Waals surface area contributed by atoms with Crippen LogP contribution in [0.1, 0.15) is 12.0 Å². The Labute approximate surface area is 109 Å². The molecule has 2 rings (SSSR count). The third kappa shape index (κ3) is 2.37. The molecular formula is C12H14N2O5. The number of anilines is 1. The molecule has 0 saturated carbocycles. The van der Waals surface area contributed by atoms with Crippen LogP contribution in [0.3, 0.4) is 0 Å². The average Bonchev–Trinajstić information content (AvgIpc) is 2.81. The predicted octanol–water partition coefficient (Wildman–Crippen LogP) is 1.56. The molecule has 19 heavy (non-hydrogen) atoms. The van der Waals surface area contributed by atoms with E-state index in [0.717, 1.165) is 0 Å². The number of para-hydroxylation sites is 1. The van der Waals surface area contributed by atoms with Crippen LogP contribution in [0.15, 0.2) is 18.2 Å². The summed E-state index contributed by atoms with van der Waals surface area (Å²) >= 11 is 0. The molecule has 1 aromatic rings. The van der Waals surface area contributed by atoms with E-state index in [4.69, 9.17) is 4.74 Å². The molecule has 7 nitrogen and oxygen atoms in total. The number of ether oxygens (including phenoxy) is 1. The Hall–Kier alpha value is -2.15. The third-order valence-corrected chi connectivity index (χ3v) is 3.24. The van der Waals surface area contributed by atoms with Crippen molar-refractivity contribution in [2.24, 2.45) is 0 Å². The van der Waals surface area contributed by atoms with E-state index < -0.39 is 16.4 Å². The Morgan fingerprint density at radius 2 is 2.32 bits per heavy atom. The number of aryl methyl sites for hydroxylation is 1. The fourth-order valence-electron chi connectivity index (χ4n) is 2.09. The number of rotatable bonds is 4. The number of nitro groups is 1. The van der Waals surface area contributed by atoms with Gasteiger partial charge in [-0.3, -0.25) is 10.1 Å². The second-order valence-corrected chi connectivity index (χ2v) is 4.54. The van der Waals surface area contributed by atoms with Gasteiger partial charge in [-0.1, -0.05) is 12.1 Å². The van der Waals surface area contributed by atoms with Crippen LogP contribution in [0.5, 0.6) is 0 Å². The van der Waals surface area contributed by atoms with E-state index in [1.165, 1.54) is 6.07 Å². The molecular weight excluding hydrogens is 252 g/mol. The van der Waals surface area contributed by atoms with E-state index in [9.17, 15) is 20.0 Å². The first-order valence-electron chi connectivity index (χ1n) is 5.79. The molecule has 1 aliphatic heterocycles. The summed E-state index contributed by atoms with van der Waals surface area (Å²) < 4.78 is 5.12. The molecule has 1 fully saturated rings. The summed E-state index contributed by atoms with van der Waals surface area (Å²) in [7, 11) is 0. The molecule has 0 spiro atoms. The number of hydrogen-bond acceptors (Lipinski definition) is 5. The summed E-state index contributed by atoms with van der Waals surface area (Å²) in [5, 5.41) is 23.1. The summed E-state index contributed by atoms with van der Waals surface area (Å²) in [6.45, 7) is 2.01. The van der Waals surface area contributed by atoms with Gasteiger partial charge in [0.2, 0.25) is 0 Å². The van der Waals surface area contributed by atoms with Gasteiger partial charge in [-0.15, -0.1) is 0 Å². The van der Waals surface area contributed by atoms with Crippen LogP contribution >= 0.6 is 0 Å². The van der Waals surface area contributed by atoms with E-state index in [0.29, 0.717) is 12.2 Å². The fourth-order valence-corrected chi connectivity index (χ4v) is 2.09. The SMILES string of the molecule is Cc1cccc([N+](=O)[O-])c1NC1(C(=O)O)CCOC1. The number of aliphatic carboxylic acids is 1. The molecule has 1 aliphatic rings. The van der Waals surface area contributed by atoms with Crippen molar-refractivity contribution in [2.45, 2.75) is 18.9 Å². The summed E-state index contributed by atoms with van der Waals surface area (Å²) in [5.74, 6) is -1.07. The highest BCUT2D eigenvalue weighted by Gasteiger charge is 2.44. The number of benzene rings is 1. The summed E-state index contributed by atoms with van der Waals surface area (Å²) in [4.78, 5) is 21.9. The number of nitrogens with one attached hydrogen (secondary N) is 1. The van der Waals surface area contributed by atoms with Gasteiger partial charge in [0.25, 0.3) is 5.69 Å². The van der Waals surface area contributed by atoms with Crippen LogP contribution in [0.25, 0.3) is 0 Å². The minimum atomic E-state index is -1.29. The Morgan fingerprint density at radius 1 is 1.58 bits per heavy atom. The van der Waals surface area contributed by atoms with Gasteiger partial charge in [0.05, 0.1) is 11.5 Å². The molecule has 1 saturated heterocycles. The lowest BCUT2D eigenvalue weighted by Gasteiger charge is -2.25. The molecule has 1 heterocycles. The lowest BCUT2D eigenvalue weighted by Crippen LogP contribution is -2.47. The molecule has 2 N–H and O–H groups in total. The Bertz CT molecular complexity index is 523. The Balaban J connectivity index is 2.42. The van der Waals surface area contributed by atoms with Gasteiger partial charge in [0, 0.05) is 19.1 Å². The largest absolute Gasteiger partial charge is 0.479 e.